The molecule has 3 aromatic rings. The lowest BCUT2D eigenvalue weighted by Crippen LogP contribution is -2.38. The minimum atomic E-state index is -0.450. The molecule has 2 aliphatic rings. The minimum Gasteiger partial charge on any atom is -0.424 e. The van der Waals surface area contributed by atoms with Gasteiger partial charge in [-0.15, -0.1) is 0 Å². The smallest absolute Gasteiger partial charge is 0.300 e. The molecule has 0 aliphatic heterocycles. The van der Waals surface area contributed by atoms with Crippen LogP contribution in [0.15, 0.2) is 38.6 Å². The zero-order chi connectivity index (χ0) is 21.4. The standard InChI is InChI=1S/C23H26N4O4/c28-22-19-14-24-20-12-11-17(27(29)30)13-18(20)21(19)31-23(25-15-7-3-1-4-8-15)26(22)16-9-5-2-6-10-16/h11-16H,1-10H2. The molecule has 0 unspecified atom stereocenters. The van der Waals surface area contributed by atoms with E-state index >= 15 is 0 Å². The van der Waals surface area contributed by atoms with Gasteiger partial charge in [0, 0.05) is 24.4 Å². The number of nitro benzene ring substituents is 1. The van der Waals surface area contributed by atoms with Crippen LogP contribution in [0.1, 0.15) is 70.3 Å². The van der Waals surface area contributed by atoms with E-state index in [1.54, 1.807) is 10.6 Å². The molecule has 8 nitrogen and oxygen atoms in total. The van der Waals surface area contributed by atoms with E-state index in [4.69, 9.17) is 9.41 Å². The van der Waals surface area contributed by atoms with E-state index in [0.717, 1.165) is 51.4 Å². The Morgan fingerprint density at radius 3 is 2.45 bits per heavy atom. The molecule has 0 spiro atoms. The fraction of sp³-hybridized carbons (Fsp3) is 0.522. The van der Waals surface area contributed by atoms with Gasteiger partial charge in [-0.2, -0.15) is 0 Å². The number of benzene rings is 1. The third kappa shape index (κ3) is 3.75. The molecule has 8 heteroatoms. The normalized spacial score (nSPS) is 19.3. The summed E-state index contributed by atoms with van der Waals surface area (Å²) in [5.41, 5.74) is 1.03. The Hall–Kier alpha value is -3.03. The van der Waals surface area contributed by atoms with Gasteiger partial charge in [0.25, 0.3) is 11.2 Å². The van der Waals surface area contributed by atoms with Crippen molar-refractivity contribution in [1.29, 1.82) is 0 Å². The summed E-state index contributed by atoms with van der Waals surface area (Å²) in [4.78, 5) is 33.8. The van der Waals surface area contributed by atoms with Crippen LogP contribution < -0.4 is 11.2 Å². The molecular weight excluding hydrogens is 396 g/mol. The number of rotatable bonds is 3. The first kappa shape index (κ1) is 19.9. The highest BCUT2D eigenvalue weighted by molar-refractivity contribution is 6.02. The Morgan fingerprint density at radius 1 is 1.03 bits per heavy atom. The van der Waals surface area contributed by atoms with Gasteiger partial charge in [0.05, 0.1) is 21.9 Å². The SMILES string of the molecule is O=c1c2cnc3ccc([N+](=O)[O-])cc3c2oc(=NC2CCCCC2)n1C1CCCCC1. The van der Waals surface area contributed by atoms with Crippen LogP contribution in [0.2, 0.25) is 0 Å². The van der Waals surface area contributed by atoms with Gasteiger partial charge >= 0.3 is 5.68 Å². The molecular formula is C23H26N4O4. The molecule has 0 radical (unpaired) electrons. The van der Waals surface area contributed by atoms with Crippen LogP contribution >= 0.6 is 0 Å². The first-order valence-corrected chi connectivity index (χ1v) is 11.3. The fourth-order valence-electron chi connectivity index (χ4n) is 5.01. The van der Waals surface area contributed by atoms with E-state index in [2.05, 4.69) is 4.98 Å². The zero-order valence-corrected chi connectivity index (χ0v) is 17.5. The molecule has 1 aromatic carbocycles. The number of pyridine rings is 1. The minimum absolute atomic E-state index is 0.0563. The maximum Gasteiger partial charge on any atom is 0.300 e. The summed E-state index contributed by atoms with van der Waals surface area (Å²) in [6.45, 7) is 0. The predicted octanol–water partition coefficient (Wildman–Crippen LogP) is 4.79. The molecule has 2 aliphatic carbocycles. The number of aromatic nitrogens is 2. The van der Waals surface area contributed by atoms with Crippen LogP contribution in [-0.2, 0) is 0 Å². The first-order valence-electron chi connectivity index (χ1n) is 11.3. The van der Waals surface area contributed by atoms with Crippen molar-refractivity contribution in [2.24, 2.45) is 4.99 Å². The van der Waals surface area contributed by atoms with Crippen molar-refractivity contribution in [2.45, 2.75) is 76.3 Å². The Labute approximate surface area is 178 Å². The Morgan fingerprint density at radius 2 is 1.74 bits per heavy atom. The van der Waals surface area contributed by atoms with Gasteiger partial charge in [-0.25, -0.2) is 4.99 Å². The lowest BCUT2D eigenvalue weighted by Gasteiger charge is -2.24. The topological polar surface area (TPSA) is 104 Å². The fourth-order valence-corrected chi connectivity index (χ4v) is 5.01. The van der Waals surface area contributed by atoms with Gasteiger partial charge in [-0.3, -0.25) is 24.5 Å². The highest BCUT2D eigenvalue weighted by atomic mass is 16.6. The largest absolute Gasteiger partial charge is 0.424 e. The molecule has 0 saturated heterocycles. The summed E-state index contributed by atoms with van der Waals surface area (Å²) in [7, 11) is 0. The molecule has 0 N–H and O–H groups in total. The molecule has 2 fully saturated rings. The molecule has 0 bridgehead atoms. The summed E-state index contributed by atoms with van der Waals surface area (Å²) in [6, 6.07) is 4.65. The van der Waals surface area contributed by atoms with Gasteiger partial charge in [0.1, 0.15) is 5.39 Å². The molecule has 5 rings (SSSR count). The van der Waals surface area contributed by atoms with Crippen molar-refractivity contribution >= 4 is 27.6 Å². The number of fused-ring (bicyclic) bond motifs is 3. The average Bonchev–Trinajstić information content (AvgIpc) is 2.80. The quantitative estimate of drug-likeness (QED) is 0.343. The molecule has 2 heterocycles. The van der Waals surface area contributed by atoms with Crippen LogP contribution in [0.5, 0.6) is 0 Å². The van der Waals surface area contributed by atoms with Crippen LogP contribution in [0.3, 0.4) is 0 Å². The lowest BCUT2D eigenvalue weighted by molar-refractivity contribution is -0.384. The number of nitro groups is 1. The molecule has 0 atom stereocenters. The summed E-state index contributed by atoms with van der Waals surface area (Å²) in [5, 5.41) is 12.1. The summed E-state index contributed by atoms with van der Waals surface area (Å²) >= 11 is 0. The van der Waals surface area contributed by atoms with Crippen LogP contribution in [0.25, 0.3) is 21.9 Å². The highest BCUT2D eigenvalue weighted by Gasteiger charge is 2.23. The first-order chi connectivity index (χ1) is 15.1. The molecule has 2 saturated carbocycles. The van der Waals surface area contributed by atoms with Crippen LogP contribution in [0, 0.1) is 10.1 Å². The number of nitrogens with zero attached hydrogens (tertiary/aromatic N) is 4. The Balaban J connectivity index is 1.80. The van der Waals surface area contributed by atoms with Crippen molar-refractivity contribution < 1.29 is 9.34 Å². The molecule has 31 heavy (non-hydrogen) atoms. The molecule has 162 valence electrons. The van der Waals surface area contributed by atoms with Crippen molar-refractivity contribution in [2.75, 3.05) is 0 Å². The second-order valence-electron chi connectivity index (χ2n) is 8.73. The zero-order valence-electron chi connectivity index (χ0n) is 17.5. The molecule has 0 amide bonds. The summed E-state index contributed by atoms with van der Waals surface area (Å²) in [5.74, 6) is 0. The van der Waals surface area contributed by atoms with Crippen LogP contribution in [-0.4, -0.2) is 20.5 Å². The average molecular weight is 422 g/mol. The Kier molecular flexibility index (Phi) is 5.29. The third-order valence-corrected chi connectivity index (χ3v) is 6.67. The summed E-state index contributed by atoms with van der Waals surface area (Å²) in [6.07, 6.45) is 12.2. The van der Waals surface area contributed by atoms with E-state index < -0.39 is 4.92 Å². The molecule has 2 aromatic heterocycles. The van der Waals surface area contributed by atoms with Gasteiger partial charge in [0.2, 0.25) is 0 Å². The Bertz CT molecular complexity index is 1260. The van der Waals surface area contributed by atoms with Crippen molar-refractivity contribution in [3.05, 3.63) is 50.5 Å². The highest BCUT2D eigenvalue weighted by Crippen LogP contribution is 2.29. The van der Waals surface area contributed by atoms with E-state index in [9.17, 15) is 14.9 Å². The predicted molar refractivity (Wildman–Crippen MR) is 117 cm³/mol. The van der Waals surface area contributed by atoms with Gasteiger partial charge in [-0.1, -0.05) is 38.5 Å². The monoisotopic (exact) mass is 422 g/mol. The van der Waals surface area contributed by atoms with E-state index in [1.807, 2.05) is 0 Å². The van der Waals surface area contributed by atoms with Crippen molar-refractivity contribution in [3.63, 3.8) is 0 Å². The second kappa shape index (κ2) is 8.24. The maximum atomic E-state index is 13.6. The van der Waals surface area contributed by atoms with Crippen molar-refractivity contribution in [1.82, 2.24) is 9.55 Å². The summed E-state index contributed by atoms with van der Waals surface area (Å²) < 4.78 is 8.05. The van der Waals surface area contributed by atoms with Crippen LogP contribution in [0.4, 0.5) is 5.69 Å². The van der Waals surface area contributed by atoms with Gasteiger partial charge in [-0.05, 0) is 31.7 Å². The van der Waals surface area contributed by atoms with Crippen molar-refractivity contribution in [3.8, 4) is 0 Å². The maximum absolute atomic E-state index is 13.6. The number of hydrogen-bond acceptors (Lipinski definition) is 6. The van der Waals surface area contributed by atoms with E-state index in [1.165, 1.54) is 31.2 Å². The number of non-ortho nitro benzene ring substituents is 1. The van der Waals surface area contributed by atoms with Gasteiger partial charge in [0.15, 0.2) is 5.58 Å². The van der Waals surface area contributed by atoms with E-state index in [0.29, 0.717) is 27.6 Å². The third-order valence-electron chi connectivity index (χ3n) is 6.67. The second-order valence-corrected chi connectivity index (χ2v) is 8.73. The lowest BCUT2D eigenvalue weighted by atomic mass is 9.95. The van der Waals surface area contributed by atoms with Gasteiger partial charge < -0.3 is 4.42 Å². The number of hydrogen-bond donors (Lipinski definition) is 0. The van der Waals surface area contributed by atoms with E-state index in [-0.39, 0.29) is 23.3 Å².